The van der Waals surface area contributed by atoms with Crippen LogP contribution in [-0.4, -0.2) is 17.7 Å². The van der Waals surface area contributed by atoms with Crippen LogP contribution in [-0.2, 0) is 20.9 Å². The van der Waals surface area contributed by atoms with Crippen molar-refractivity contribution in [3.63, 3.8) is 0 Å². The van der Waals surface area contributed by atoms with E-state index in [-0.39, 0.29) is 12.5 Å². The molecular formula is C16H21N3O4. The highest BCUT2D eigenvalue weighted by molar-refractivity contribution is 6.35. The predicted molar refractivity (Wildman–Crippen MR) is 80.4 cm³/mol. The first-order valence-corrected chi connectivity index (χ1v) is 8.01. The second-order valence-corrected chi connectivity index (χ2v) is 6.40. The van der Waals surface area contributed by atoms with Gasteiger partial charge in [0.05, 0.1) is 12.8 Å². The van der Waals surface area contributed by atoms with Crippen molar-refractivity contribution in [3.05, 3.63) is 24.2 Å². The Kier molecular flexibility index (Phi) is 4.64. The van der Waals surface area contributed by atoms with Crippen molar-refractivity contribution in [2.45, 2.75) is 38.6 Å². The summed E-state index contributed by atoms with van der Waals surface area (Å²) in [6.45, 7) is 0.123. The molecule has 1 aromatic rings. The SMILES string of the molecule is O=C(C[C@H]1C[C@H]2CC[C@@H]1C2)NNC(=O)C(=O)NCc1ccco1. The van der Waals surface area contributed by atoms with E-state index >= 15 is 0 Å². The van der Waals surface area contributed by atoms with Crippen molar-refractivity contribution in [2.24, 2.45) is 17.8 Å². The summed E-state index contributed by atoms with van der Waals surface area (Å²) in [5.74, 6) is 0.442. The highest BCUT2D eigenvalue weighted by atomic mass is 16.3. The maximum atomic E-state index is 11.9. The molecular weight excluding hydrogens is 298 g/mol. The molecule has 3 atom stereocenters. The summed E-state index contributed by atoms with van der Waals surface area (Å²) >= 11 is 0. The van der Waals surface area contributed by atoms with Crippen LogP contribution in [0.1, 0.15) is 37.9 Å². The smallest absolute Gasteiger partial charge is 0.327 e. The van der Waals surface area contributed by atoms with Gasteiger partial charge in [0.1, 0.15) is 5.76 Å². The van der Waals surface area contributed by atoms with E-state index in [4.69, 9.17) is 4.42 Å². The van der Waals surface area contributed by atoms with Gasteiger partial charge in [0.25, 0.3) is 0 Å². The maximum absolute atomic E-state index is 11.9. The highest BCUT2D eigenvalue weighted by Gasteiger charge is 2.40. The summed E-state index contributed by atoms with van der Waals surface area (Å²) in [4.78, 5) is 35.1. The van der Waals surface area contributed by atoms with Crippen molar-refractivity contribution >= 4 is 17.7 Å². The molecule has 7 heteroatoms. The Morgan fingerprint density at radius 1 is 1.13 bits per heavy atom. The van der Waals surface area contributed by atoms with Crippen molar-refractivity contribution in [3.8, 4) is 0 Å². The van der Waals surface area contributed by atoms with Crippen molar-refractivity contribution in [1.29, 1.82) is 0 Å². The molecule has 3 N–H and O–H groups in total. The monoisotopic (exact) mass is 319 g/mol. The summed E-state index contributed by atoms with van der Waals surface area (Å²) < 4.78 is 5.04. The van der Waals surface area contributed by atoms with Gasteiger partial charge in [0.2, 0.25) is 5.91 Å². The molecule has 0 aliphatic heterocycles. The summed E-state index contributed by atoms with van der Waals surface area (Å²) in [6.07, 6.45) is 6.74. The first-order valence-electron chi connectivity index (χ1n) is 8.01. The average molecular weight is 319 g/mol. The Morgan fingerprint density at radius 3 is 2.65 bits per heavy atom. The van der Waals surface area contributed by atoms with Gasteiger partial charge in [-0.05, 0) is 49.1 Å². The van der Waals surface area contributed by atoms with Crippen LogP contribution >= 0.6 is 0 Å². The van der Waals surface area contributed by atoms with E-state index < -0.39 is 11.8 Å². The lowest BCUT2D eigenvalue weighted by atomic mass is 9.86. The first-order chi connectivity index (χ1) is 11.1. The molecule has 2 aliphatic carbocycles. The zero-order chi connectivity index (χ0) is 16.2. The van der Waals surface area contributed by atoms with Crippen LogP contribution in [0.25, 0.3) is 0 Å². The Morgan fingerprint density at radius 2 is 2.00 bits per heavy atom. The third kappa shape index (κ3) is 3.91. The molecule has 0 spiro atoms. The summed E-state index contributed by atoms with van der Waals surface area (Å²) in [7, 11) is 0. The number of hydrogen-bond acceptors (Lipinski definition) is 4. The minimum absolute atomic E-state index is 0.123. The Labute approximate surface area is 134 Å². The molecule has 2 fully saturated rings. The largest absolute Gasteiger partial charge is 0.467 e. The van der Waals surface area contributed by atoms with E-state index in [0.29, 0.717) is 24.0 Å². The Balaban J connectivity index is 1.34. The molecule has 0 unspecified atom stereocenters. The molecule has 3 amide bonds. The van der Waals surface area contributed by atoms with Gasteiger partial charge in [0.15, 0.2) is 0 Å². The van der Waals surface area contributed by atoms with E-state index in [2.05, 4.69) is 16.2 Å². The minimum atomic E-state index is -0.891. The van der Waals surface area contributed by atoms with Crippen LogP contribution in [0.5, 0.6) is 0 Å². The van der Waals surface area contributed by atoms with Crippen LogP contribution in [0.2, 0.25) is 0 Å². The van der Waals surface area contributed by atoms with Crippen LogP contribution in [0.3, 0.4) is 0 Å². The molecule has 23 heavy (non-hydrogen) atoms. The molecule has 0 saturated heterocycles. The van der Waals surface area contributed by atoms with Gasteiger partial charge in [0, 0.05) is 6.42 Å². The number of nitrogens with one attached hydrogen (secondary N) is 3. The molecule has 2 saturated carbocycles. The van der Waals surface area contributed by atoms with Gasteiger partial charge in [-0.3, -0.25) is 25.2 Å². The molecule has 0 radical (unpaired) electrons. The van der Waals surface area contributed by atoms with E-state index in [1.807, 2.05) is 0 Å². The van der Waals surface area contributed by atoms with Gasteiger partial charge in [-0.15, -0.1) is 0 Å². The van der Waals surface area contributed by atoms with Crippen LogP contribution in [0.15, 0.2) is 22.8 Å². The fourth-order valence-electron chi connectivity index (χ4n) is 3.76. The Bertz CT molecular complexity index is 584. The molecule has 7 nitrogen and oxygen atoms in total. The Hall–Kier alpha value is -2.31. The number of rotatable bonds is 4. The number of hydrogen-bond donors (Lipinski definition) is 3. The maximum Gasteiger partial charge on any atom is 0.327 e. The standard InChI is InChI=1S/C16H21N3O4/c20-14(8-12-7-10-3-4-11(12)6-10)18-19-16(22)15(21)17-9-13-2-1-5-23-13/h1-2,5,10-12H,3-4,6-9H2,(H,17,21)(H,18,20)(H,19,22)/t10-,11+,12+/m0/s1. The number of fused-ring (bicyclic) bond motifs is 2. The molecule has 0 aromatic carbocycles. The van der Waals surface area contributed by atoms with Gasteiger partial charge in [-0.1, -0.05) is 6.42 Å². The zero-order valence-electron chi connectivity index (χ0n) is 12.8. The summed E-state index contributed by atoms with van der Waals surface area (Å²) in [5.41, 5.74) is 4.47. The fraction of sp³-hybridized carbons (Fsp3) is 0.562. The van der Waals surface area contributed by atoms with Crippen LogP contribution < -0.4 is 16.2 Å². The van der Waals surface area contributed by atoms with Crippen LogP contribution in [0.4, 0.5) is 0 Å². The highest BCUT2D eigenvalue weighted by Crippen LogP contribution is 2.49. The van der Waals surface area contributed by atoms with Gasteiger partial charge >= 0.3 is 11.8 Å². The van der Waals surface area contributed by atoms with E-state index in [0.717, 1.165) is 12.3 Å². The lowest BCUT2D eigenvalue weighted by Gasteiger charge is -2.20. The summed E-state index contributed by atoms with van der Waals surface area (Å²) in [5, 5.41) is 2.41. The van der Waals surface area contributed by atoms with Crippen molar-refractivity contribution in [1.82, 2.24) is 16.2 Å². The normalized spacial score (nSPS) is 25.1. The zero-order valence-corrected chi connectivity index (χ0v) is 12.8. The molecule has 2 aliphatic rings. The molecule has 2 bridgehead atoms. The average Bonchev–Trinajstić information content (AvgIpc) is 3.27. The van der Waals surface area contributed by atoms with Crippen LogP contribution in [0, 0.1) is 17.8 Å². The van der Waals surface area contributed by atoms with E-state index in [1.54, 1.807) is 12.1 Å². The quantitative estimate of drug-likeness (QED) is 0.566. The number of furan rings is 1. The third-order valence-electron chi connectivity index (χ3n) is 4.86. The molecule has 124 valence electrons. The van der Waals surface area contributed by atoms with Crippen molar-refractivity contribution < 1.29 is 18.8 Å². The van der Waals surface area contributed by atoms with Gasteiger partial charge in [-0.2, -0.15) is 0 Å². The van der Waals surface area contributed by atoms with E-state index in [9.17, 15) is 14.4 Å². The van der Waals surface area contributed by atoms with E-state index in [1.165, 1.54) is 25.5 Å². The van der Waals surface area contributed by atoms with Gasteiger partial charge in [-0.25, -0.2) is 0 Å². The first kappa shape index (κ1) is 15.6. The van der Waals surface area contributed by atoms with Crippen molar-refractivity contribution in [2.75, 3.05) is 0 Å². The fourth-order valence-corrected chi connectivity index (χ4v) is 3.76. The number of hydrazine groups is 1. The number of carbonyl (C=O) groups excluding carboxylic acids is 3. The predicted octanol–water partition coefficient (Wildman–Crippen LogP) is 0.870. The molecule has 1 heterocycles. The third-order valence-corrected chi connectivity index (χ3v) is 4.86. The second-order valence-electron chi connectivity index (χ2n) is 6.40. The summed E-state index contributed by atoms with van der Waals surface area (Å²) in [6, 6.07) is 3.38. The topological polar surface area (TPSA) is 100 Å². The van der Waals surface area contributed by atoms with Gasteiger partial charge < -0.3 is 9.73 Å². The number of carbonyl (C=O) groups is 3. The lowest BCUT2D eigenvalue weighted by molar-refractivity contribution is -0.141. The molecule has 3 rings (SSSR count). The second kappa shape index (κ2) is 6.85. The molecule has 1 aromatic heterocycles. The number of amides is 3. The lowest BCUT2D eigenvalue weighted by Crippen LogP contribution is -2.48. The minimum Gasteiger partial charge on any atom is -0.467 e.